The van der Waals surface area contributed by atoms with Crippen molar-refractivity contribution in [3.8, 4) is 0 Å². The molecule has 0 spiro atoms. The van der Waals surface area contributed by atoms with Gasteiger partial charge in [0.25, 0.3) is 0 Å². The molecule has 0 bridgehead atoms. The zero-order valence-corrected chi connectivity index (χ0v) is 8.05. The van der Waals surface area contributed by atoms with Crippen molar-refractivity contribution in [2.24, 2.45) is 0 Å². The maximum absolute atomic E-state index is 4.76. The molecule has 0 fully saturated rings. The Labute approximate surface area is 64.9 Å². The molecule has 0 aromatic heterocycles. The molecule has 5 heavy (non-hydrogen) atoms. The number of halogens is 4. The average molecular weight is 339 g/mol. The first-order chi connectivity index (χ1) is 2.41. The summed E-state index contributed by atoms with van der Waals surface area (Å²) in [6, 6.07) is 0. The Balaban J connectivity index is 0. The lowest BCUT2D eigenvalue weighted by Crippen LogP contribution is -1.24. The lowest BCUT2D eigenvalue weighted by Gasteiger charge is -1.42. The van der Waals surface area contributed by atoms with Crippen molar-refractivity contribution in [3.63, 3.8) is 0 Å². The van der Waals surface area contributed by atoms with Crippen molar-refractivity contribution in [1.29, 1.82) is 0 Å². The van der Waals surface area contributed by atoms with Gasteiger partial charge in [0.15, 0.2) is 0 Å². The highest BCUT2D eigenvalue weighted by molar-refractivity contribution is 15.0. The number of hydrogen-bond acceptors (Lipinski definition) is 0. The van der Waals surface area contributed by atoms with Gasteiger partial charge in [0, 0.05) is 37.2 Å². The zero-order valence-electron chi connectivity index (χ0n) is 2.22. The molecule has 4 heteroatoms. The summed E-state index contributed by atoms with van der Waals surface area (Å²) in [5.41, 5.74) is 0. The van der Waals surface area contributed by atoms with Crippen LogP contribution in [0.3, 0.4) is 0 Å². The van der Waals surface area contributed by atoms with Gasteiger partial charge in [-0.15, -0.1) is 23.2 Å². The van der Waals surface area contributed by atoms with Crippen LogP contribution >= 0.6 is 60.4 Å². The van der Waals surface area contributed by atoms with Crippen molar-refractivity contribution < 1.29 is 0 Å². The molecule has 0 saturated carbocycles. The standard InChI is InChI=1S/CH2Cl2.I2/c2-1-3;1-2/h1H2;. The maximum atomic E-state index is 4.76. The van der Waals surface area contributed by atoms with Gasteiger partial charge in [0.2, 0.25) is 0 Å². The summed E-state index contributed by atoms with van der Waals surface area (Å²) in [4.78, 5) is 0. The fourth-order valence-corrected chi connectivity index (χ4v) is 0. The number of alkyl halides is 2. The van der Waals surface area contributed by atoms with Crippen LogP contribution in [0, 0.1) is 0 Å². The largest absolute Gasteiger partial charge is 0.109 e. The van der Waals surface area contributed by atoms with Gasteiger partial charge in [-0.1, -0.05) is 0 Å². The molecule has 0 saturated heterocycles. The SMILES string of the molecule is ClCCl.II. The molecule has 0 amide bonds. The van der Waals surface area contributed by atoms with Gasteiger partial charge in [-0.25, -0.2) is 0 Å². The molecule has 0 N–H and O–H groups in total. The van der Waals surface area contributed by atoms with Crippen molar-refractivity contribution >= 4 is 60.4 Å². The van der Waals surface area contributed by atoms with E-state index in [0.717, 1.165) is 0 Å². The molecule has 0 aliphatic heterocycles. The molecule has 0 unspecified atom stereocenters. The Morgan fingerprint density at radius 1 is 1.20 bits per heavy atom. The van der Waals surface area contributed by atoms with Crippen molar-refractivity contribution in [3.05, 3.63) is 0 Å². The Morgan fingerprint density at radius 3 is 1.20 bits per heavy atom. The predicted octanol–water partition coefficient (Wildman–Crippen LogP) is 3.19. The monoisotopic (exact) mass is 338 g/mol. The van der Waals surface area contributed by atoms with Gasteiger partial charge < -0.3 is 0 Å². The first-order valence-electron chi connectivity index (χ1n) is 0.677. The molecule has 0 radical (unpaired) electrons. The van der Waals surface area contributed by atoms with Crippen LogP contribution in [0.1, 0.15) is 0 Å². The fraction of sp³-hybridized carbons (Fsp3) is 1.00. The van der Waals surface area contributed by atoms with Crippen molar-refractivity contribution in [2.45, 2.75) is 0 Å². The average Bonchev–Trinajstić information content (AvgIpc) is 1.46. The molecule has 0 atom stereocenters. The van der Waals surface area contributed by atoms with Gasteiger partial charge in [0.05, 0.1) is 5.34 Å². The Hall–Kier alpha value is 2.04. The molecule has 0 aromatic carbocycles. The number of rotatable bonds is 0. The normalized spacial score (nSPS) is 4.80. The van der Waals surface area contributed by atoms with Crippen LogP contribution in [0.15, 0.2) is 0 Å². The summed E-state index contributed by atoms with van der Waals surface area (Å²) >= 11 is 13.8. The highest BCUT2D eigenvalue weighted by Gasteiger charge is 1.41. The van der Waals surface area contributed by atoms with Crippen molar-refractivity contribution in [2.75, 3.05) is 5.34 Å². The molecule has 0 nitrogen and oxygen atoms in total. The Morgan fingerprint density at radius 2 is 1.20 bits per heavy atom. The predicted molar refractivity (Wildman–Crippen MR) is 44.6 cm³/mol. The smallest absolute Gasteiger partial charge is 0.0967 e. The van der Waals surface area contributed by atoms with E-state index in [0.29, 0.717) is 0 Å². The van der Waals surface area contributed by atoms with Crippen LogP contribution < -0.4 is 0 Å². The van der Waals surface area contributed by atoms with E-state index in [1.807, 2.05) is 0 Å². The summed E-state index contributed by atoms with van der Waals surface area (Å²) in [5, 5.41) is 0.194. The molecular weight excluding hydrogens is 337 g/mol. The van der Waals surface area contributed by atoms with Crippen LogP contribution in [0.25, 0.3) is 0 Å². The Bertz CT molecular complexity index is 7.61. The lowest BCUT2D eigenvalue weighted by molar-refractivity contribution is 2.20. The van der Waals surface area contributed by atoms with E-state index in [2.05, 4.69) is 37.2 Å². The second kappa shape index (κ2) is 16.6. The summed E-state index contributed by atoms with van der Waals surface area (Å²) in [6.07, 6.45) is 0. The van der Waals surface area contributed by atoms with Gasteiger partial charge in [-0.2, -0.15) is 0 Å². The van der Waals surface area contributed by atoms with E-state index in [1.165, 1.54) is 0 Å². The minimum Gasteiger partial charge on any atom is -0.109 e. The Kier molecular flexibility index (Phi) is 33.6. The van der Waals surface area contributed by atoms with Crippen LogP contribution in [-0.2, 0) is 0 Å². The van der Waals surface area contributed by atoms with Gasteiger partial charge in [-0.05, 0) is 0 Å². The van der Waals surface area contributed by atoms with Crippen LogP contribution in [-0.4, -0.2) is 5.34 Å². The minimum atomic E-state index is 0.194. The van der Waals surface area contributed by atoms with E-state index in [1.54, 1.807) is 0 Å². The highest BCUT2D eigenvalue weighted by Crippen LogP contribution is 1.89. The van der Waals surface area contributed by atoms with Crippen LogP contribution in [0.4, 0.5) is 0 Å². The molecule has 0 rings (SSSR count). The zero-order chi connectivity index (χ0) is 4.71. The summed E-state index contributed by atoms with van der Waals surface area (Å²) in [7, 11) is 0. The topological polar surface area (TPSA) is 0 Å². The minimum absolute atomic E-state index is 0.194. The molecule has 0 heterocycles. The molecule has 0 aliphatic carbocycles. The fourth-order valence-electron chi connectivity index (χ4n) is 0. The molecule has 0 aromatic rings. The summed E-state index contributed by atoms with van der Waals surface area (Å²) in [5.74, 6) is 0. The molecular formula is CH2Cl2I2. The van der Waals surface area contributed by atoms with E-state index >= 15 is 0 Å². The molecule has 34 valence electrons. The van der Waals surface area contributed by atoms with E-state index < -0.39 is 0 Å². The number of hydrogen-bond donors (Lipinski definition) is 0. The third-order valence-electron chi connectivity index (χ3n) is 0. The lowest BCUT2D eigenvalue weighted by atomic mass is 11.9. The van der Waals surface area contributed by atoms with E-state index in [4.69, 9.17) is 23.2 Å². The van der Waals surface area contributed by atoms with Crippen LogP contribution in [0.5, 0.6) is 0 Å². The third-order valence-corrected chi connectivity index (χ3v) is 0. The second-order valence-corrected chi connectivity index (χ2v) is 0.909. The summed E-state index contributed by atoms with van der Waals surface area (Å²) in [6.45, 7) is 0. The van der Waals surface area contributed by atoms with Gasteiger partial charge >= 0.3 is 0 Å². The summed E-state index contributed by atoms with van der Waals surface area (Å²) < 4.78 is 0. The quantitative estimate of drug-likeness (QED) is 0.470. The second-order valence-electron chi connectivity index (χ2n) is 0.101. The van der Waals surface area contributed by atoms with Gasteiger partial charge in [0.1, 0.15) is 0 Å². The van der Waals surface area contributed by atoms with Crippen molar-refractivity contribution in [1.82, 2.24) is 0 Å². The van der Waals surface area contributed by atoms with Crippen LogP contribution in [0.2, 0.25) is 0 Å². The van der Waals surface area contributed by atoms with Gasteiger partial charge in [-0.3, -0.25) is 0 Å². The first kappa shape index (κ1) is 10.1. The maximum Gasteiger partial charge on any atom is 0.0967 e. The molecule has 0 aliphatic rings. The highest BCUT2D eigenvalue weighted by atomic mass is 128. The third kappa shape index (κ3) is 23.7. The van der Waals surface area contributed by atoms with E-state index in [9.17, 15) is 0 Å². The first-order valence-corrected chi connectivity index (χ1v) is 8.03. The van der Waals surface area contributed by atoms with E-state index in [-0.39, 0.29) is 5.34 Å².